The van der Waals surface area contributed by atoms with Gasteiger partial charge in [0.1, 0.15) is 11.2 Å². The van der Waals surface area contributed by atoms with Crippen LogP contribution in [0.1, 0.15) is 12.4 Å². The molecule has 1 aromatic heterocycles. The van der Waals surface area contributed by atoms with Gasteiger partial charge in [-0.05, 0) is 6.92 Å². The molecule has 0 N–H and O–H groups in total. The lowest BCUT2D eigenvalue weighted by molar-refractivity contribution is 0.549. The zero-order valence-corrected chi connectivity index (χ0v) is 8.52. The van der Waals surface area contributed by atoms with E-state index < -0.39 is 0 Å². The van der Waals surface area contributed by atoms with Crippen molar-refractivity contribution in [2.75, 3.05) is 0 Å². The SMILES string of the molecule is CC(Cl)n1ncc(-c2ccccc2)n1. The molecule has 3 nitrogen and oxygen atoms in total. The van der Waals surface area contributed by atoms with Gasteiger partial charge in [-0.1, -0.05) is 41.9 Å². The molecule has 0 amide bonds. The van der Waals surface area contributed by atoms with Gasteiger partial charge in [-0.15, -0.1) is 0 Å². The topological polar surface area (TPSA) is 30.7 Å². The Morgan fingerprint density at radius 2 is 2.00 bits per heavy atom. The lowest BCUT2D eigenvalue weighted by atomic mass is 10.2. The van der Waals surface area contributed by atoms with Crippen LogP contribution in [0.5, 0.6) is 0 Å². The van der Waals surface area contributed by atoms with Gasteiger partial charge in [0.05, 0.1) is 6.20 Å². The molecule has 1 atom stereocenters. The van der Waals surface area contributed by atoms with E-state index >= 15 is 0 Å². The molecule has 4 heteroatoms. The first-order valence-corrected chi connectivity index (χ1v) is 4.82. The second-order valence-corrected chi connectivity index (χ2v) is 3.62. The van der Waals surface area contributed by atoms with Crippen LogP contribution >= 0.6 is 11.6 Å². The standard InChI is InChI=1S/C10H10ClN3/c1-8(11)14-12-7-10(13-14)9-5-3-2-4-6-9/h2-8H,1H3. The summed E-state index contributed by atoms with van der Waals surface area (Å²) >= 11 is 5.84. The summed E-state index contributed by atoms with van der Waals surface area (Å²) in [6.45, 7) is 1.83. The molecule has 2 rings (SSSR count). The number of benzene rings is 1. The first-order chi connectivity index (χ1) is 6.77. The maximum atomic E-state index is 5.84. The van der Waals surface area contributed by atoms with Gasteiger partial charge in [0.25, 0.3) is 0 Å². The Morgan fingerprint density at radius 3 is 2.57 bits per heavy atom. The van der Waals surface area contributed by atoms with E-state index in [1.807, 2.05) is 37.3 Å². The molecular formula is C10H10ClN3. The predicted molar refractivity (Wildman–Crippen MR) is 56.0 cm³/mol. The minimum absolute atomic E-state index is 0.215. The highest BCUT2D eigenvalue weighted by Gasteiger charge is 2.05. The van der Waals surface area contributed by atoms with E-state index in [0.717, 1.165) is 11.3 Å². The lowest BCUT2D eigenvalue weighted by Gasteiger charge is -1.98. The normalized spacial score (nSPS) is 12.7. The molecule has 72 valence electrons. The number of hydrogen-bond donors (Lipinski definition) is 0. The molecule has 0 radical (unpaired) electrons. The van der Waals surface area contributed by atoms with E-state index in [1.165, 1.54) is 4.80 Å². The number of aromatic nitrogens is 3. The van der Waals surface area contributed by atoms with Gasteiger partial charge in [0.2, 0.25) is 0 Å². The fourth-order valence-corrected chi connectivity index (χ4v) is 1.28. The molecule has 2 aromatic rings. The Balaban J connectivity index is 2.34. The third-order valence-corrected chi connectivity index (χ3v) is 2.07. The molecule has 0 saturated heterocycles. The zero-order valence-electron chi connectivity index (χ0n) is 7.76. The number of rotatable bonds is 2. The fraction of sp³-hybridized carbons (Fsp3) is 0.200. The Morgan fingerprint density at radius 1 is 1.29 bits per heavy atom. The van der Waals surface area contributed by atoms with Crippen molar-refractivity contribution in [1.29, 1.82) is 0 Å². The first-order valence-electron chi connectivity index (χ1n) is 4.38. The third kappa shape index (κ3) is 1.77. The Bertz CT molecular complexity index is 408. The van der Waals surface area contributed by atoms with Crippen molar-refractivity contribution < 1.29 is 0 Å². The van der Waals surface area contributed by atoms with Gasteiger partial charge in [-0.25, -0.2) is 0 Å². The van der Waals surface area contributed by atoms with Gasteiger partial charge in [0, 0.05) is 5.56 Å². The van der Waals surface area contributed by atoms with Crippen molar-refractivity contribution >= 4 is 11.6 Å². The van der Waals surface area contributed by atoms with Gasteiger partial charge < -0.3 is 0 Å². The molecule has 0 aliphatic rings. The molecule has 1 aromatic carbocycles. The maximum absolute atomic E-state index is 5.84. The average molecular weight is 208 g/mol. The van der Waals surface area contributed by atoms with Crippen LogP contribution in [0.3, 0.4) is 0 Å². The summed E-state index contributed by atoms with van der Waals surface area (Å²) < 4.78 is 0. The third-order valence-electron chi connectivity index (χ3n) is 1.90. The Hall–Kier alpha value is -1.35. The van der Waals surface area contributed by atoms with Crippen LogP contribution < -0.4 is 0 Å². The van der Waals surface area contributed by atoms with Crippen LogP contribution in [-0.4, -0.2) is 15.0 Å². The van der Waals surface area contributed by atoms with Crippen LogP contribution in [0.15, 0.2) is 36.5 Å². The first kappa shape index (κ1) is 9.21. The van der Waals surface area contributed by atoms with Gasteiger partial charge in [0.15, 0.2) is 0 Å². The highest BCUT2D eigenvalue weighted by molar-refractivity contribution is 6.18. The van der Waals surface area contributed by atoms with E-state index in [-0.39, 0.29) is 5.50 Å². The molecule has 1 heterocycles. The Kier molecular flexibility index (Phi) is 2.50. The highest BCUT2D eigenvalue weighted by atomic mass is 35.5. The molecule has 14 heavy (non-hydrogen) atoms. The van der Waals surface area contributed by atoms with Gasteiger partial charge >= 0.3 is 0 Å². The smallest absolute Gasteiger partial charge is 0.142 e. The van der Waals surface area contributed by atoms with Crippen molar-refractivity contribution in [3.63, 3.8) is 0 Å². The minimum atomic E-state index is -0.215. The van der Waals surface area contributed by atoms with E-state index in [9.17, 15) is 0 Å². The summed E-state index contributed by atoms with van der Waals surface area (Å²) in [6, 6.07) is 9.90. The second-order valence-electron chi connectivity index (χ2n) is 2.99. The van der Waals surface area contributed by atoms with Crippen LogP contribution in [-0.2, 0) is 0 Å². The fourth-order valence-electron chi connectivity index (χ4n) is 1.19. The summed E-state index contributed by atoms with van der Waals surface area (Å²) in [5.74, 6) is 0. The van der Waals surface area contributed by atoms with Crippen LogP contribution in [0.25, 0.3) is 11.3 Å². The molecule has 0 aliphatic carbocycles. The van der Waals surface area contributed by atoms with Gasteiger partial charge in [-0.2, -0.15) is 15.0 Å². The number of alkyl halides is 1. The summed E-state index contributed by atoms with van der Waals surface area (Å²) in [5.41, 5.74) is 1.68. The quantitative estimate of drug-likeness (QED) is 0.709. The van der Waals surface area contributed by atoms with Crippen molar-refractivity contribution in [2.45, 2.75) is 12.4 Å². The summed E-state index contributed by atoms with van der Waals surface area (Å²) in [7, 11) is 0. The minimum Gasteiger partial charge on any atom is -0.166 e. The van der Waals surface area contributed by atoms with Crippen molar-refractivity contribution in [3.8, 4) is 11.3 Å². The predicted octanol–water partition coefficient (Wildman–Crippen LogP) is 2.70. The summed E-state index contributed by atoms with van der Waals surface area (Å²) in [5, 5.41) is 8.32. The molecule has 0 spiro atoms. The molecule has 0 bridgehead atoms. The molecule has 0 saturated carbocycles. The van der Waals surface area contributed by atoms with Crippen LogP contribution in [0, 0.1) is 0 Å². The molecule has 0 fully saturated rings. The van der Waals surface area contributed by atoms with E-state index in [4.69, 9.17) is 11.6 Å². The lowest BCUT2D eigenvalue weighted by Crippen LogP contribution is -2.02. The Labute approximate surface area is 87.3 Å². The van der Waals surface area contributed by atoms with E-state index in [0.29, 0.717) is 0 Å². The monoisotopic (exact) mass is 207 g/mol. The van der Waals surface area contributed by atoms with E-state index in [1.54, 1.807) is 6.20 Å². The van der Waals surface area contributed by atoms with Crippen LogP contribution in [0.2, 0.25) is 0 Å². The van der Waals surface area contributed by atoms with Crippen molar-refractivity contribution in [3.05, 3.63) is 36.5 Å². The number of hydrogen-bond acceptors (Lipinski definition) is 2. The molecular weight excluding hydrogens is 198 g/mol. The van der Waals surface area contributed by atoms with Crippen LogP contribution in [0.4, 0.5) is 0 Å². The van der Waals surface area contributed by atoms with E-state index in [2.05, 4.69) is 10.2 Å². The highest BCUT2D eigenvalue weighted by Crippen LogP contribution is 2.16. The molecule has 1 unspecified atom stereocenters. The van der Waals surface area contributed by atoms with Crippen molar-refractivity contribution in [1.82, 2.24) is 15.0 Å². The maximum Gasteiger partial charge on any atom is 0.142 e. The largest absolute Gasteiger partial charge is 0.166 e. The number of halogens is 1. The zero-order chi connectivity index (χ0) is 9.97. The number of nitrogens with zero attached hydrogens (tertiary/aromatic N) is 3. The summed E-state index contributed by atoms with van der Waals surface area (Å²) in [6.07, 6.45) is 1.72. The van der Waals surface area contributed by atoms with Gasteiger partial charge in [-0.3, -0.25) is 0 Å². The van der Waals surface area contributed by atoms with Crippen molar-refractivity contribution in [2.24, 2.45) is 0 Å². The molecule has 0 aliphatic heterocycles. The average Bonchev–Trinajstić information content (AvgIpc) is 2.68. The summed E-state index contributed by atoms with van der Waals surface area (Å²) in [4.78, 5) is 1.49. The second kappa shape index (κ2) is 3.80.